The predicted octanol–water partition coefficient (Wildman–Crippen LogP) is 4.48. The van der Waals surface area contributed by atoms with Crippen molar-refractivity contribution in [2.24, 2.45) is 0 Å². The smallest absolute Gasteiger partial charge is 0.138 e. The average molecular weight is 349 g/mol. The number of hydrogen-bond donors (Lipinski definition) is 1. The van der Waals surface area contributed by atoms with E-state index < -0.39 is 0 Å². The summed E-state index contributed by atoms with van der Waals surface area (Å²) in [5.74, 6) is 0.789. The van der Waals surface area contributed by atoms with Crippen LogP contribution in [0.2, 0.25) is 0 Å². The van der Waals surface area contributed by atoms with Crippen LogP contribution in [0.1, 0.15) is 37.6 Å². The predicted molar refractivity (Wildman–Crippen MR) is 89.4 cm³/mol. The van der Waals surface area contributed by atoms with Crippen LogP contribution >= 0.6 is 15.9 Å². The van der Waals surface area contributed by atoms with Gasteiger partial charge in [-0.05, 0) is 38.1 Å². The van der Waals surface area contributed by atoms with Crippen LogP contribution in [-0.4, -0.2) is 11.5 Å². The third kappa shape index (κ3) is 4.83. The first kappa shape index (κ1) is 16.0. The van der Waals surface area contributed by atoms with Gasteiger partial charge in [-0.1, -0.05) is 41.1 Å². The van der Waals surface area contributed by atoms with E-state index in [9.17, 15) is 0 Å². The van der Waals surface area contributed by atoms with Crippen LogP contribution < -0.4 is 10.1 Å². The molecule has 0 bridgehead atoms. The van der Waals surface area contributed by atoms with Gasteiger partial charge in [0, 0.05) is 16.1 Å². The molecule has 0 fully saturated rings. The first-order valence-corrected chi connectivity index (χ1v) is 8.05. The number of rotatable bonds is 7. The maximum Gasteiger partial charge on any atom is 0.138 e. The van der Waals surface area contributed by atoms with Gasteiger partial charge < -0.3 is 10.1 Å². The Morgan fingerprint density at radius 1 is 1.24 bits per heavy atom. The van der Waals surface area contributed by atoms with Crippen molar-refractivity contribution >= 4 is 15.9 Å². The lowest BCUT2D eigenvalue weighted by atomic mass is 10.2. The van der Waals surface area contributed by atoms with Crippen molar-refractivity contribution in [2.45, 2.75) is 32.9 Å². The highest BCUT2D eigenvalue weighted by Crippen LogP contribution is 2.19. The van der Waals surface area contributed by atoms with Crippen molar-refractivity contribution in [2.75, 3.05) is 6.54 Å². The fourth-order valence-electron chi connectivity index (χ4n) is 1.98. The molecule has 0 saturated carbocycles. The number of aromatic nitrogens is 1. The molecular formula is C17H21BrN2O. The monoisotopic (exact) mass is 348 g/mol. The van der Waals surface area contributed by atoms with Crippen LogP contribution in [0.25, 0.3) is 0 Å². The van der Waals surface area contributed by atoms with Gasteiger partial charge in [0.05, 0.1) is 11.9 Å². The van der Waals surface area contributed by atoms with E-state index in [2.05, 4.69) is 40.1 Å². The van der Waals surface area contributed by atoms with Crippen molar-refractivity contribution < 1.29 is 4.74 Å². The molecule has 1 heterocycles. The van der Waals surface area contributed by atoms with Gasteiger partial charge in [0.25, 0.3) is 0 Å². The summed E-state index contributed by atoms with van der Waals surface area (Å²) in [6, 6.07) is 12.3. The number of nitrogens with zero attached hydrogens (tertiary/aromatic N) is 1. The van der Waals surface area contributed by atoms with E-state index in [0.717, 1.165) is 34.4 Å². The lowest BCUT2D eigenvalue weighted by Crippen LogP contribution is -2.20. The average Bonchev–Trinajstić information content (AvgIpc) is 2.52. The Morgan fingerprint density at radius 3 is 2.71 bits per heavy atom. The van der Waals surface area contributed by atoms with Crippen LogP contribution in [0.5, 0.6) is 5.75 Å². The summed E-state index contributed by atoms with van der Waals surface area (Å²) < 4.78 is 6.84. The van der Waals surface area contributed by atoms with Crippen LogP contribution in [0.3, 0.4) is 0 Å². The Hall–Kier alpha value is -1.39. The lowest BCUT2D eigenvalue weighted by Gasteiger charge is -2.13. The van der Waals surface area contributed by atoms with Gasteiger partial charge in [0.1, 0.15) is 12.4 Å². The zero-order valence-electron chi connectivity index (χ0n) is 12.5. The molecule has 0 aliphatic rings. The van der Waals surface area contributed by atoms with Gasteiger partial charge in [-0.3, -0.25) is 4.98 Å². The summed E-state index contributed by atoms with van der Waals surface area (Å²) in [6.45, 7) is 5.82. The Balaban J connectivity index is 1.92. The zero-order valence-corrected chi connectivity index (χ0v) is 14.1. The number of pyridine rings is 1. The maximum absolute atomic E-state index is 5.78. The molecule has 1 aromatic carbocycles. The second kappa shape index (κ2) is 8.15. The van der Waals surface area contributed by atoms with E-state index in [4.69, 9.17) is 4.74 Å². The molecule has 2 aromatic rings. The van der Waals surface area contributed by atoms with Crippen LogP contribution in [0.15, 0.2) is 47.1 Å². The van der Waals surface area contributed by atoms with Gasteiger partial charge in [0.2, 0.25) is 0 Å². The number of halogens is 1. The first-order chi connectivity index (χ1) is 10.2. The fourth-order valence-corrected chi connectivity index (χ4v) is 2.37. The molecule has 0 amide bonds. The number of hydrogen-bond acceptors (Lipinski definition) is 3. The molecule has 1 unspecified atom stereocenters. The quantitative estimate of drug-likeness (QED) is 0.800. The Kier molecular flexibility index (Phi) is 6.21. The Bertz CT molecular complexity index is 557. The standard InChI is InChI=1S/C17H21BrN2O/c1-3-10-19-13(2)17-9-8-15(11-20-17)21-12-14-6-4-5-7-16(14)18/h4-9,11,13,19H,3,10,12H2,1-2H3. The molecule has 1 N–H and O–H groups in total. The molecule has 3 nitrogen and oxygen atoms in total. The second-order valence-electron chi connectivity index (χ2n) is 4.97. The van der Waals surface area contributed by atoms with E-state index in [-0.39, 0.29) is 6.04 Å². The van der Waals surface area contributed by atoms with Crippen molar-refractivity contribution in [3.8, 4) is 5.75 Å². The molecule has 0 aliphatic heterocycles. The third-order valence-corrected chi connectivity index (χ3v) is 4.03. The second-order valence-corrected chi connectivity index (χ2v) is 5.83. The molecule has 0 spiro atoms. The van der Waals surface area contributed by atoms with E-state index >= 15 is 0 Å². The van der Waals surface area contributed by atoms with Gasteiger partial charge in [-0.25, -0.2) is 0 Å². The maximum atomic E-state index is 5.78. The molecule has 4 heteroatoms. The number of ether oxygens (including phenoxy) is 1. The van der Waals surface area contributed by atoms with Gasteiger partial charge in [0.15, 0.2) is 0 Å². The summed E-state index contributed by atoms with van der Waals surface area (Å²) in [6.07, 6.45) is 2.91. The van der Waals surface area contributed by atoms with Crippen molar-refractivity contribution in [3.05, 3.63) is 58.3 Å². The minimum Gasteiger partial charge on any atom is -0.487 e. The normalized spacial score (nSPS) is 12.1. The Morgan fingerprint density at radius 2 is 2.05 bits per heavy atom. The zero-order chi connectivity index (χ0) is 15.1. The van der Waals surface area contributed by atoms with Gasteiger partial charge >= 0.3 is 0 Å². The molecular weight excluding hydrogens is 328 g/mol. The minimum absolute atomic E-state index is 0.266. The highest BCUT2D eigenvalue weighted by atomic mass is 79.9. The highest BCUT2D eigenvalue weighted by Gasteiger charge is 2.06. The topological polar surface area (TPSA) is 34.1 Å². The third-order valence-electron chi connectivity index (χ3n) is 3.26. The SMILES string of the molecule is CCCNC(C)c1ccc(OCc2ccccc2Br)cn1. The summed E-state index contributed by atoms with van der Waals surface area (Å²) in [4.78, 5) is 4.47. The van der Waals surface area contributed by atoms with E-state index in [0.29, 0.717) is 6.61 Å². The van der Waals surface area contributed by atoms with Crippen molar-refractivity contribution in [3.63, 3.8) is 0 Å². The number of benzene rings is 1. The minimum atomic E-state index is 0.266. The van der Waals surface area contributed by atoms with E-state index in [1.165, 1.54) is 0 Å². The lowest BCUT2D eigenvalue weighted by molar-refractivity contribution is 0.304. The van der Waals surface area contributed by atoms with Gasteiger partial charge in [-0.2, -0.15) is 0 Å². The van der Waals surface area contributed by atoms with Crippen molar-refractivity contribution in [1.29, 1.82) is 0 Å². The summed E-state index contributed by atoms with van der Waals surface area (Å²) >= 11 is 3.52. The first-order valence-electron chi connectivity index (χ1n) is 7.26. The van der Waals surface area contributed by atoms with Crippen molar-refractivity contribution in [1.82, 2.24) is 10.3 Å². The van der Waals surface area contributed by atoms with Gasteiger partial charge in [-0.15, -0.1) is 0 Å². The molecule has 0 radical (unpaired) electrons. The summed E-state index contributed by atoms with van der Waals surface area (Å²) in [5, 5.41) is 3.42. The highest BCUT2D eigenvalue weighted by molar-refractivity contribution is 9.10. The molecule has 2 rings (SSSR count). The van der Waals surface area contributed by atoms with Crippen LogP contribution in [0, 0.1) is 0 Å². The molecule has 0 aliphatic carbocycles. The largest absolute Gasteiger partial charge is 0.487 e. The Labute approximate surface area is 134 Å². The molecule has 1 aromatic heterocycles. The van der Waals surface area contributed by atoms with E-state index in [1.807, 2.05) is 36.4 Å². The van der Waals surface area contributed by atoms with E-state index in [1.54, 1.807) is 6.20 Å². The number of nitrogens with one attached hydrogen (secondary N) is 1. The molecule has 0 saturated heterocycles. The summed E-state index contributed by atoms with van der Waals surface area (Å²) in [5.41, 5.74) is 2.16. The van der Waals surface area contributed by atoms with Crippen LogP contribution in [0.4, 0.5) is 0 Å². The molecule has 21 heavy (non-hydrogen) atoms. The fraction of sp³-hybridized carbons (Fsp3) is 0.353. The van der Waals surface area contributed by atoms with Crippen LogP contribution in [-0.2, 0) is 6.61 Å². The summed E-state index contributed by atoms with van der Waals surface area (Å²) in [7, 11) is 0. The molecule has 1 atom stereocenters. The molecule has 112 valence electrons.